The third kappa shape index (κ3) is 5.02. The molecule has 1 saturated heterocycles. The molecule has 0 saturated carbocycles. The van der Waals surface area contributed by atoms with Crippen LogP contribution in [-0.4, -0.2) is 30.8 Å². The molecule has 152 valence electrons. The van der Waals surface area contributed by atoms with Gasteiger partial charge in [0.25, 0.3) is 0 Å². The van der Waals surface area contributed by atoms with Crippen LogP contribution in [0.15, 0.2) is 47.0 Å². The van der Waals surface area contributed by atoms with E-state index in [2.05, 4.69) is 40.8 Å². The van der Waals surface area contributed by atoms with Gasteiger partial charge in [0.2, 0.25) is 5.91 Å². The molecule has 6 nitrogen and oxygen atoms in total. The first-order valence-electron chi connectivity index (χ1n) is 10.0. The number of benzene rings is 2. The Labute approximate surface area is 170 Å². The maximum absolute atomic E-state index is 12.2. The van der Waals surface area contributed by atoms with Gasteiger partial charge in [0.1, 0.15) is 6.61 Å². The molecule has 3 aromatic rings. The Morgan fingerprint density at radius 2 is 2.07 bits per heavy atom. The Morgan fingerprint density at radius 1 is 1.21 bits per heavy atom. The van der Waals surface area contributed by atoms with Gasteiger partial charge in [-0.2, -0.15) is 0 Å². The highest BCUT2D eigenvalue weighted by molar-refractivity contribution is 5.83. The normalized spacial score (nSPS) is 16.4. The fourth-order valence-corrected chi connectivity index (χ4v) is 3.51. The van der Waals surface area contributed by atoms with E-state index < -0.39 is 0 Å². The number of rotatable bonds is 8. The molecule has 1 unspecified atom stereocenters. The van der Waals surface area contributed by atoms with Crippen molar-refractivity contribution in [3.8, 4) is 0 Å². The number of hydrogen-bond donors (Lipinski definition) is 1. The summed E-state index contributed by atoms with van der Waals surface area (Å²) >= 11 is 0. The van der Waals surface area contributed by atoms with Crippen molar-refractivity contribution in [2.24, 2.45) is 5.92 Å². The average Bonchev–Trinajstić information content (AvgIpc) is 3.38. The highest BCUT2D eigenvalue weighted by Gasteiger charge is 2.18. The predicted molar refractivity (Wildman–Crippen MR) is 109 cm³/mol. The van der Waals surface area contributed by atoms with Crippen molar-refractivity contribution in [2.45, 2.75) is 33.0 Å². The summed E-state index contributed by atoms with van der Waals surface area (Å²) in [6.07, 6.45) is 1.22. The van der Waals surface area contributed by atoms with E-state index in [0.717, 1.165) is 30.8 Å². The maximum atomic E-state index is 12.2. The van der Waals surface area contributed by atoms with E-state index in [1.54, 1.807) is 0 Å². The number of hydrogen-bond acceptors (Lipinski definition) is 5. The second-order valence-corrected chi connectivity index (χ2v) is 7.56. The molecule has 4 rings (SSSR count). The van der Waals surface area contributed by atoms with Crippen LogP contribution in [0.3, 0.4) is 0 Å². The molecule has 2 aromatic carbocycles. The van der Waals surface area contributed by atoms with Crippen LogP contribution >= 0.6 is 0 Å². The number of carbonyl (C=O) groups is 1. The van der Waals surface area contributed by atoms with Crippen LogP contribution in [0, 0.1) is 12.8 Å². The molecule has 1 aliphatic rings. The second-order valence-electron chi connectivity index (χ2n) is 7.56. The van der Waals surface area contributed by atoms with Crippen LogP contribution in [0.4, 0.5) is 0 Å². The van der Waals surface area contributed by atoms with Crippen LogP contribution in [0.2, 0.25) is 0 Å². The van der Waals surface area contributed by atoms with Gasteiger partial charge < -0.3 is 19.3 Å². The lowest BCUT2D eigenvalue weighted by atomic mass is 10.1. The quantitative estimate of drug-likeness (QED) is 0.633. The summed E-state index contributed by atoms with van der Waals surface area (Å²) in [6.45, 7) is 4.89. The SMILES string of the molecule is Cc1c(CC(=O)NCC2CCOC2)noc1COCc1ccc2ccccc2c1. The zero-order chi connectivity index (χ0) is 20.1. The number of nitrogens with one attached hydrogen (secondary N) is 1. The van der Waals surface area contributed by atoms with Crippen LogP contribution < -0.4 is 5.32 Å². The Balaban J connectivity index is 1.27. The van der Waals surface area contributed by atoms with Gasteiger partial charge in [0, 0.05) is 24.6 Å². The second kappa shape index (κ2) is 9.20. The minimum atomic E-state index is -0.0445. The van der Waals surface area contributed by atoms with Crippen LogP contribution in [0.25, 0.3) is 10.8 Å². The number of fused-ring (bicyclic) bond motifs is 1. The van der Waals surface area contributed by atoms with E-state index >= 15 is 0 Å². The first kappa shape index (κ1) is 19.6. The van der Waals surface area contributed by atoms with E-state index in [1.165, 1.54) is 10.8 Å². The topological polar surface area (TPSA) is 73.6 Å². The molecule has 1 fully saturated rings. The van der Waals surface area contributed by atoms with Crippen molar-refractivity contribution in [1.29, 1.82) is 0 Å². The Bertz CT molecular complexity index is 976. The van der Waals surface area contributed by atoms with Gasteiger partial charge >= 0.3 is 0 Å². The molecule has 1 N–H and O–H groups in total. The van der Waals surface area contributed by atoms with E-state index in [0.29, 0.717) is 37.1 Å². The number of nitrogens with zero attached hydrogens (tertiary/aromatic N) is 1. The van der Waals surface area contributed by atoms with Gasteiger partial charge in [-0.15, -0.1) is 0 Å². The zero-order valence-corrected chi connectivity index (χ0v) is 16.6. The molecule has 0 spiro atoms. The number of aromatic nitrogens is 1. The lowest BCUT2D eigenvalue weighted by Crippen LogP contribution is -2.30. The lowest BCUT2D eigenvalue weighted by molar-refractivity contribution is -0.120. The fourth-order valence-electron chi connectivity index (χ4n) is 3.51. The van der Waals surface area contributed by atoms with E-state index in [-0.39, 0.29) is 12.3 Å². The molecule has 0 bridgehead atoms. The van der Waals surface area contributed by atoms with Crippen molar-refractivity contribution in [1.82, 2.24) is 10.5 Å². The van der Waals surface area contributed by atoms with Crippen LogP contribution in [0.1, 0.15) is 29.0 Å². The summed E-state index contributed by atoms with van der Waals surface area (Å²) in [6, 6.07) is 14.6. The van der Waals surface area contributed by atoms with E-state index in [9.17, 15) is 4.79 Å². The molecule has 1 aromatic heterocycles. The van der Waals surface area contributed by atoms with Gasteiger partial charge in [-0.3, -0.25) is 4.79 Å². The van der Waals surface area contributed by atoms with E-state index in [1.807, 2.05) is 19.1 Å². The highest BCUT2D eigenvalue weighted by atomic mass is 16.5. The fraction of sp³-hybridized carbons (Fsp3) is 0.391. The number of ether oxygens (including phenoxy) is 2. The molecule has 1 amide bonds. The molecular formula is C23H26N2O4. The minimum Gasteiger partial charge on any atom is -0.381 e. The van der Waals surface area contributed by atoms with Crippen LogP contribution in [0.5, 0.6) is 0 Å². The Morgan fingerprint density at radius 3 is 2.90 bits per heavy atom. The molecule has 29 heavy (non-hydrogen) atoms. The lowest BCUT2D eigenvalue weighted by Gasteiger charge is -2.08. The van der Waals surface area contributed by atoms with Crippen molar-refractivity contribution >= 4 is 16.7 Å². The maximum Gasteiger partial charge on any atom is 0.226 e. The summed E-state index contributed by atoms with van der Waals surface area (Å²) in [5.74, 6) is 1.03. The molecule has 2 heterocycles. The van der Waals surface area contributed by atoms with E-state index in [4.69, 9.17) is 14.0 Å². The molecular weight excluding hydrogens is 368 g/mol. The van der Waals surface area contributed by atoms with Crippen molar-refractivity contribution < 1.29 is 18.8 Å². The average molecular weight is 394 g/mol. The minimum absolute atomic E-state index is 0.0445. The third-order valence-corrected chi connectivity index (χ3v) is 5.37. The predicted octanol–water partition coefficient (Wildman–Crippen LogP) is 3.55. The van der Waals surface area contributed by atoms with Gasteiger partial charge in [-0.1, -0.05) is 41.6 Å². The van der Waals surface area contributed by atoms with Crippen molar-refractivity contribution in [3.63, 3.8) is 0 Å². The van der Waals surface area contributed by atoms with Gasteiger partial charge in [0.15, 0.2) is 5.76 Å². The summed E-state index contributed by atoms with van der Waals surface area (Å²) in [5, 5.41) is 9.43. The van der Waals surface area contributed by atoms with Crippen LogP contribution in [-0.2, 0) is 33.9 Å². The van der Waals surface area contributed by atoms with Gasteiger partial charge in [-0.25, -0.2) is 0 Å². The standard InChI is InChI=1S/C23H26N2O4/c1-16-21(11-23(26)24-12-18-8-9-27-14-18)25-29-22(16)15-28-13-17-6-7-19-4-2-3-5-20(19)10-17/h2-7,10,18H,8-9,11-15H2,1H3,(H,24,26). The smallest absolute Gasteiger partial charge is 0.226 e. The van der Waals surface area contributed by atoms with Gasteiger partial charge in [0.05, 0.1) is 25.3 Å². The molecule has 6 heteroatoms. The van der Waals surface area contributed by atoms with Crippen molar-refractivity contribution in [2.75, 3.05) is 19.8 Å². The summed E-state index contributed by atoms with van der Waals surface area (Å²) in [7, 11) is 0. The van der Waals surface area contributed by atoms with Gasteiger partial charge in [-0.05, 0) is 35.7 Å². The molecule has 0 aliphatic carbocycles. The first-order chi connectivity index (χ1) is 14.2. The third-order valence-electron chi connectivity index (χ3n) is 5.37. The number of carbonyl (C=O) groups excluding carboxylic acids is 1. The summed E-state index contributed by atoms with van der Waals surface area (Å²) in [4.78, 5) is 12.2. The molecule has 1 atom stereocenters. The zero-order valence-electron chi connectivity index (χ0n) is 16.6. The first-order valence-corrected chi connectivity index (χ1v) is 10.0. The largest absolute Gasteiger partial charge is 0.381 e. The molecule has 1 aliphatic heterocycles. The summed E-state index contributed by atoms with van der Waals surface area (Å²) in [5.41, 5.74) is 2.65. The summed E-state index contributed by atoms with van der Waals surface area (Å²) < 4.78 is 16.6. The number of amides is 1. The van der Waals surface area contributed by atoms with Crippen molar-refractivity contribution in [3.05, 3.63) is 65.0 Å². The Kier molecular flexibility index (Phi) is 6.22. The highest BCUT2D eigenvalue weighted by Crippen LogP contribution is 2.18. The Hall–Kier alpha value is -2.70. The monoisotopic (exact) mass is 394 g/mol. The molecule has 0 radical (unpaired) electrons.